The summed E-state index contributed by atoms with van der Waals surface area (Å²) < 4.78 is 43.6. The van der Waals surface area contributed by atoms with Crippen LogP contribution in [0.25, 0.3) is 0 Å². The van der Waals surface area contributed by atoms with Gasteiger partial charge in [-0.2, -0.15) is 13.2 Å². The first-order chi connectivity index (χ1) is 12.7. The van der Waals surface area contributed by atoms with E-state index < -0.39 is 48.8 Å². The zero-order chi connectivity index (χ0) is 20.0. The Kier molecular flexibility index (Phi) is 6.76. The van der Waals surface area contributed by atoms with Crippen molar-refractivity contribution in [1.82, 2.24) is 4.90 Å². The Morgan fingerprint density at radius 2 is 1.96 bits per heavy atom. The number of nitrogens with zero attached hydrogens (tertiary/aromatic N) is 1. The van der Waals surface area contributed by atoms with Gasteiger partial charge in [-0.1, -0.05) is 36.4 Å². The number of hydrogen-bond acceptors (Lipinski definition) is 4. The lowest BCUT2D eigenvalue weighted by atomic mass is 9.97. The first-order valence-corrected chi connectivity index (χ1v) is 8.48. The molecule has 0 N–H and O–H groups in total. The summed E-state index contributed by atoms with van der Waals surface area (Å²) in [5.41, 5.74) is 0.842. The van der Waals surface area contributed by atoms with Crippen molar-refractivity contribution in [3.63, 3.8) is 0 Å². The number of carbonyl (C=O) groups excluding carboxylic acids is 3. The van der Waals surface area contributed by atoms with E-state index in [9.17, 15) is 27.6 Å². The largest absolute Gasteiger partial charge is 0.447 e. The van der Waals surface area contributed by atoms with Crippen LogP contribution in [0.5, 0.6) is 0 Å². The number of imide groups is 1. The van der Waals surface area contributed by atoms with E-state index in [1.54, 1.807) is 24.3 Å². The van der Waals surface area contributed by atoms with Crippen LogP contribution in [-0.4, -0.2) is 41.5 Å². The van der Waals surface area contributed by atoms with Gasteiger partial charge >= 0.3 is 12.3 Å². The number of benzene rings is 1. The molecule has 27 heavy (non-hydrogen) atoms. The molecular formula is C19H20F3NO4. The van der Waals surface area contributed by atoms with E-state index in [1.165, 1.54) is 0 Å². The monoisotopic (exact) mass is 383 g/mol. The van der Waals surface area contributed by atoms with Crippen LogP contribution in [0.2, 0.25) is 0 Å². The Labute approximate surface area is 154 Å². The highest BCUT2D eigenvalue weighted by molar-refractivity contribution is 6.38. The van der Waals surface area contributed by atoms with E-state index in [-0.39, 0.29) is 13.0 Å². The van der Waals surface area contributed by atoms with Crippen molar-refractivity contribution in [2.45, 2.75) is 37.9 Å². The molecule has 0 aromatic heterocycles. The Bertz CT molecular complexity index is 703. The van der Waals surface area contributed by atoms with Gasteiger partial charge in [-0.25, -0.2) is 9.69 Å². The Hall–Kier alpha value is -2.64. The molecular weight excluding hydrogens is 363 g/mol. The number of hydrogen-bond donors (Lipinski definition) is 0. The predicted molar refractivity (Wildman–Crippen MR) is 90.7 cm³/mol. The number of carbonyl (C=O) groups is 3. The fourth-order valence-corrected chi connectivity index (χ4v) is 2.91. The average Bonchev–Trinajstić information content (AvgIpc) is 2.97. The highest BCUT2D eigenvalue weighted by Gasteiger charge is 2.42. The number of ketones is 1. The molecule has 1 heterocycles. The van der Waals surface area contributed by atoms with Gasteiger partial charge in [0.05, 0.1) is 12.0 Å². The SMILES string of the molecule is C=CCC(CCC(=O)C(=O)N1C(=O)OC[C@H]1Cc1ccccc1)C(F)(F)F. The van der Waals surface area contributed by atoms with Gasteiger partial charge < -0.3 is 4.74 Å². The second-order valence-corrected chi connectivity index (χ2v) is 6.32. The maximum atomic E-state index is 12.9. The molecule has 2 atom stereocenters. The minimum atomic E-state index is -4.49. The molecule has 1 aliphatic rings. The molecule has 0 radical (unpaired) electrons. The number of amides is 2. The van der Waals surface area contributed by atoms with Crippen LogP contribution in [0.4, 0.5) is 18.0 Å². The molecule has 0 saturated carbocycles. The Morgan fingerprint density at radius 3 is 2.56 bits per heavy atom. The van der Waals surface area contributed by atoms with Gasteiger partial charge in [0, 0.05) is 6.42 Å². The third-order valence-corrected chi connectivity index (χ3v) is 4.37. The minimum absolute atomic E-state index is 0.0611. The van der Waals surface area contributed by atoms with E-state index in [0.29, 0.717) is 11.3 Å². The minimum Gasteiger partial charge on any atom is -0.447 e. The lowest BCUT2D eigenvalue weighted by Crippen LogP contribution is -2.44. The van der Waals surface area contributed by atoms with Gasteiger partial charge in [0.25, 0.3) is 5.91 Å². The van der Waals surface area contributed by atoms with Crippen LogP contribution >= 0.6 is 0 Å². The quantitative estimate of drug-likeness (QED) is 0.507. The summed E-state index contributed by atoms with van der Waals surface area (Å²) in [6.45, 7) is 3.22. The lowest BCUT2D eigenvalue weighted by molar-refractivity contribution is -0.176. The molecule has 2 amide bonds. The molecule has 0 bridgehead atoms. The lowest BCUT2D eigenvalue weighted by Gasteiger charge is -2.20. The van der Waals surface area contributed by atoms with Crippen molar-refractivity contribution in [2.24, 2.45) is 5.92 Å². The van der Waals surface area contributed by atoms with Crippen LogP contribution in [0, 0.1) is 5.92 Å². The number of alkyl halides is 3. The molecule has 146 valence electrons. The second kappa shape index (κ2) is 8.83. The Balaban J connectivity index is 2.01. The fraction of sp³-hybridized carbons (Fsp3) is 0.421. The maximum Gasteiger partial charge on any atom is 0.417 e. The number of cyclic esters (lactones) is 1. The molecule has 1 unspecified atom stereocenters. The van der Waals surface area contributed by atoms with E-state index in [4.69, 9.17) is 4.74 Å². The summed E-state index contributed by atoms with van der Waals surface area (Å²) in [6, 6.07) is 8.34. The van der Waals surface area contributed by atoms with Gasteiger partial charge in [-0.15, -0.1) is 6.58 Å². The van der Waals surface area contributed by atoms with Gasteiger partial charge in [0.2, 0.25) is 5.78 Å². The van der Waals surface area contributed by atoms with Crippen LogP contribution in [0.3, 0.4) is 0 Å². The molecule has 0 spiro atoms. The van der Waals surface area contributed by atoms with Crippen LogP contribution < -0.4 is 0 Å². The molecule has 1 aromatic carbocycles. The molecule has 1 aliphatic heterocycles. The molecule has 0 aliphatic carbocycles. The average molecular weight is 383 g/mol. The predicted octanol–water partition coefficient (Wildman–Crippen LogP) is 3.68. The highest BCUT2D eigenvalue weighted by atomic mass is 19.4. The smallest absolute Gasteiger partial charge is 0.417 e. The highest BCUT2D eigenvalue weighted by Crippen LogP contribution is 2.32. The summed E-state index contributed by atoms with van der Waals surface area (Å²) in [5.74, 6) is -3.92. The summed E-state index contributed by atoms with van der Waals surface area (Å²) in [6.07, 6.45) is -5.49. The van der Waals surface area contributed by atoms with E-state index >= 15 is 0 Å². The molecule has 1 fully saturated rings. The number of ether oxygens (including phenoxy) is 1. The van der Waals surface area contributed by atoms with E-state index in [0.717, 1.165) is 11.6 Å². The van der Waals surface area contributed by atoms with Crippen molar-refractivity contribution in [1.29, 1.82) is 0 Å². The molecule has 5 nitrogen and oxygen atoms in total. The summed E-state index contributed by atoms with van der Waals surface area (Å²) >= 11 is 0. The van der Waals surface area contributed by atoms with Crippen molar-refractivity contribution in [2.75, 3.05) is 6.61 Å². The topological polar surface area (TPSA) is 63.7 Å². The Morgan fingerprint density at radius 1 is 1.30 bits per heavy atom. The standard InChI is InChI=1S/C19H20F3NO4/c1-2-6-14(19(20,21)22)9-10-16(24)17(25)23-15(12-27-18(23)26)11-13-7-4-3-5-8-13/h2-5,7-8,14-15H,1,6,9-12H2/t14?,15-/m1/s1. The molecule has 1 aromatic rings. The summed E-state index contributed by atoms with van der Waals surface area (Å²) in [7, 11) is 0. The number of halogens is 3. The summed E-state index contributed by atoms with van der Waals surface area (Å²) in [4.78, 5) is 37.0. The van der Waals surface area contributed by atoms with Gasteiger partial charge in [-0.3, -0.25) is 9.59 Å². The zero-order valence-corrected chi connectivity index (χ0v) is 14.6. The van der Waals surface area contributed by atoms with Crippen molar-refractivity contribution in [3.05, 3.63) is 48.6 Å². The van der Waals surface area contributed by atoms with E-state index in [2.05, 4.69) is 6.58 Å². The second-order valence-electron chi connectivity index (χ2n) is 6.32. The van der Waals surface area contributed by atoms with Gasteiger partial charge in [0.15, 0.2) is 0 Å². The van der Waals surface area contributed by atoms with Gasteiger partial charge in [-0.05, 0) is 24.8 Å². The number of allylic oxidation sites excluding steroid dienone is 1. The van der Waals surface area contributed by atoms with Crippen molar-refractivity contribution >= 4 is 17.8 Å². The normalized spacial score (nSPS) is 18.1. The third-order valence-electron chi connectivity index (χ3n) is 4.37. The first-order valence-electron chi connectivity index (χ1n) is 8.48. The van der Waals surface area contributed by atoms with Crippen LogP contribution in [0.1, 0.15) is 24.8 Å². The molecule has 8 heteroatoms. The maximum absolute atomic E-state index is 12.9. The number of rotatable bonds is 8. The van der Waals surface area contributed by atoms with Gasteiger partial charge in [0.1, 0.15) is 6.61 Å². The van der Waals surface area contributed by atoms with Crippen molar-refractivity contribution in [3.8, 4) is 0 Å². The third kappa shape index (κ3) is 5.42. The fourth-order valence-electron chi connectivity index (χ4n) is 2.91. The number of Topliss-reactive ketones (excluding diaryl/α,β-unsaturated/α-hetero) is 1. The molecule has 1 saturated heterocycles. The summed E-state index contributed by atoms with van der Waals surface area (Å²) in [5, 5.41) is 0. The van der Waals surface area contributed by atoms with E-state index in [1.807, 2.05) is 6.07 Å². The van der Waals surface area contributed by atoms with Crippen LogP contribution in [-0.2, 0) is 20.7 Å². The van der Waals surface area contributed by atoms with Crippen molar-refractivity contribution < 1.29 is 32.3 Å². The van der Waals surface area contributed by atoms with Crippen LogP contribution in [0.15, 0.2) is 43.0 Å². The molecule has 2 rings (SSSR count). The zero-order valence-electron chi connectivity index (χ0n) is 14.6. The first kappa shape index (κ1) is 20.7.